The Morgan fingerprint density at radius 1 is 1.23 bits per heavy atom. The molecule has 0 bridgehead atoms. The number of benzene rings is 1. The topological polar surface area (TPSA) is 90.9 Å². The Labute approximate surface area is 154 Å². The van der Waals surface area contributed by atoms with Crippen molar-refractivity contribution in [1.29, 1.82) is 0 Å². The summed E-state index contributed by atoms with van der Waals surface area (Å²) in [6, 6.07) is 7.97. The van der Waals surface area contributed by atoms with Gasteiger partial charge in [-0.2, -0.15) is 0 Å². The highest BCUT2D eigenvalue weighted by Gasteiger charge is 2.29. The fourth-order valence-corrected chi connectivity index (χ4v) is 3.97. The summed E-state index contributed by atoms with van der Waals surface area (Å²) in [5, 5.41) is 2.76. The van der Waals surface area contributed by atoms with Crippen molar-refractivity contribution in [1.82, 2.24) is 5.09 Å². The van der Waals surface area contributed by atoms with Crippen LogP contribution in [0.15, 0.2) is 42.0 Å². The van der Waals surface area contributed by atoms with Gasteiger partial charge in [0.1, 0.15) is 18.4 Å². The lowest BCUT2D eigenvalue weighted by atomic mass is 10.3. The van der Waals surface area contributed by atoms with Gasteiger partial charge in [0.25, 0.3) is 0 Å². The van der Waals surface area contributed by atoms with E-state index in [9.17, 15) is 14.2 Å². The molecule has 1 aromatic carbocycles. The Hall–Kier alpha value is -2.11. The van der Waals surface area contributed by atoms with Crippen LogP contribution in [0.5, 0.6) is 5.75 Å². The lowest BCUT2D eigenvalue weighted by Crippen LogP contribution is -2.34. The number of hydrogen-bond donors (Lipinski definition) is 1. The molecule has 0 aliphatic carbocycles. The third-order valence-corrected chi connectivity index (χ3v) is 5.49. The van der Waals surface area contributed by atoms with Crippen LogP contribution >= 0.6 is 7.52 Å². The summed E-state index contributed by atoms with van der Waals surface area (Å²) in [4.78, 5) is 22.5. The van der Waals surface area contributed by atoms with E-state index >= 15 is 0 Å². The average Bonchev–Trinajstić information content (AvgIpc) is 2.59. The number of allylic oxidation sites excluding steroid dienone is 1. The highest BCUT2D eigenvalue weighted by Crippen LogP contribution is 2.44. The SMILES string of the molecule is COC(=O)[C@H](C)NP(=O)(CC/C=C(\C)COC(C)=O)Oc1ccccc1. The summed E-state index contributed by atoms with van der Waals surface area (Å²) < 4.78 is 28.4. The first-order valence-corrected chi connectivity index (χ1v) is 10.0. The Bertz CT molecular complexity index is 674. The monoisotopic (exact) mass is 383 g/mol. The van der Waals surface area contributed by atoms with Gasteiger partial charge in [0.2, 0.25) is 0 Å². The molecular weight excluding hydrogens is 357 g/mol. The Morgan fingerprint density at radius 3 is 2.46 bits per heavy atom. The molecule has 1 N–H and O–H groups in total. The zero-order valence-corrected chi connectivity index (χ0v) is 16.5. The molecule has 0 saturated heterocycles. The molecule has 1 aromatic rings. The standard InChI is InChI=1S/C18H26NO6P/c1-14(13-24-16(3)20)9-8-12-26(22,19-15(2)18(21)23-4)25-17-10-6-5-7-11-17/h5-7,9-11,15H,8,12-13H2,1-4H3,(H,19,22)/b14-9+/t15-,26?/m0/s1. The second-order valence-corrected chi connectivity index (χ2v) is 8.03. The maximum Gasteiger partial charge on any atom is 0.323 e. The summed E-state index contributed by atoms with van der Waals surface area (Å²) in [5.74, 6) is -0.436. The van der Waals surface area contributed by atoms with Crippen LogP contribution in [-0.2, 0) is 23.6 Å². The predicted molar refractivity (Wildman–Crippen MR) is 99.2 cm³/mol. The van der Waals surface area contributed by atoms with Crippen molar-refractivity contribution in [3.05, 3.63) is 42.0 Å². The van der Waals surface area contributed by atoms with Crippen molar-refractivity contribution in [2.24, 2.45) is 0 Å². The number of hydrogen-bond acceptors (Lipinski definition) is 6. The highest BCUT2D eigenvalue weighted by atomic mass is 31.2. The van der Waals surface area contributed by atoms with Crippen LogP contribution in [0, 0.1) is 0 Å². The van der Waals surface area contributed by atoms with E-state index in [0.29, 0.717) is 12.2 Å². The number of rotatable bonds is 10. The molecule has 144 valence electrons. The van der Waals surface area contributed by atoms with E-state index < -0.39 is 19.5 Å². The smallest absolute Gasteiger partial charge is 0.323 e. The second kappa shape index (κ2) is 10.8. The molecule has 7 nitrogen and oxygen atoms in total. The van der Waals surface area contributed by atoms with Gasteiger partial charge in [-0.15, -0.1) is 0 Å². The summed E-state index contributed by atoms with van der Waals surface area (Å²) in [5.41, 5.74) is 0.840. The largest absolute Gasteiger partial charge is 0.468 e. The first-order valence-electron chi connectivity index (χ1n) is 8.24. The maximum absolute atomic E-state index is 13.2. The molecule has 8 heteroatoms. The van der Waals surface area contributed by atoms with Crippen molar-refractivity contribution in [3.63, 3.8) is 0 Å². The van der Waals surface area contributed by atoms with Crippen LogP contribution in [0.3, 0.4) is 0 Å². The van der Waals surface area contributed by atoms with Gasteiger partial charge in [0.05, 0.1) is 13.3 Å². The van der Waals surface area contributed by atoms with Crippen LogP contribution in [0.1, 0.15) is 27.2 Å². The number of esters is 2. The molecule has 0 radical (unpaired) electrons. The number of carbonyl (C=O) groups excluding carboxylic acids is 2. The lowest BCUT2D eigenvalue weighted by Gasteiger charge is -2.23. The van der Waals surface area contributed by atoms with Gasteiger partial charge in [-0.1, -0.05) is 24.3 Å². The Balaban J connectivity index is 2.80. The number of ether oxygens (including phenoxy) is 2. The van der Waals surface area contributed by atoms with E-state index in [4.69, 9.17) is 9.26 Å². The number of nitrogens with one attached hydrogen (secondary N) is 1. The Kier molecular flexibility index (Phi) is 9.10. The summed E-state index contributed by atoms with van der Waals surface area (Å²) in [6.07, 6.45) is 2.42. The van der Waals surface area contributed by atoms with Crippen molar-refractivity contribution in [3.8, 4) is 5.75 Å². The number of para-hydroxylation sites is 1. The molecule has 0 amide bonds. The van der Waals surface area contributed by atoms with Gasteiger partial charge in [0.15, 0.2) is 0 Å². The second-order valence-electron chi connectivity index (χ2n) is 5.79. The molecule has 0 aliphatic rings. The quantitative estimate of drug-likeness (QED) is 0.376. The minimum absolute atomic E-state index is 0.167. The Morgan fingerprint density at radius 2 is 1.88 bits per heavy atom. The van der Waals surface area contributed by atoms with Gasteiger partial charge in [-0.3, -0.25) is 14.2 Å². The summed E-state index contributed by atoms with van der Waals surface area (Å²) >= 11 is 0. The minimum Gasteiger partial charge on any atom is -0.468 e. The fourth-order valence-electron chi connectivity index (χ4n) is 2.07. The third-order valence-electron chi connectivity index (χ3n) is 3.36. The van der Waals surface area contributed by atoms with Crippen LogP contribution in [0.2, 0.25) is 0 Å². The molecule has 1 unspecified atom stereocenters. The van der Waals surface area contributed by atoms with E-state index in [0.717, 1.165) is 5.57 Å². The molecular formula is C18H26NO6P. The van der Waals surface area contributed by atoms with Gasteiger partial charge in [0, 0.05) is 6.92 Å². The lowest BCUT2D eigenvalue weighted by molar-refractivity contribution is -0.142. The van der Waals surface area contributed by atoms with Crippen LogP contribution in [0.25, 0.3) is 0 Å². The predicted octanol–water partition coefficient (Wildman–Crippen LogP) is 3.31. The fraction of sp³-hybridized carbons (Fsp3) is 0.444. The zero-order valence-electron chi connectivity index (χ0n) is 15.6. The van der Waals surface area contributed by atoms with Gasteiger partial charge < -0.3 is 14.0 Å². The maximum atomic E-state index is 13.2. The molecule has 0 saturated carbocycles. The van der Waals surface area contributed by atoms with Gasteiger partial charge >= 0.3 is 19.5 Å². The number of carbonyl (C=O) groups is 2. The van der Waals surface area contributed by atoms with Crippen molar-refractivity contribution in [2.75, 3.05) is 19.9 Å². The molecule has 1 rings (SSSR count). The van der Waals surface area contributed by atoms with Crippen molar-refractivity contribution >= 4 is 19.5 Å². The molecule has 0 spiro atoms. The first-order chi connectivity index (χ1) is 12.3. The van der Waals surface area contributed by atoms with E-state index in [2.05, 4.69) is 9.82 Å². The van der Waals surface area contributed by atoms with Gasteiger partial charge in [-0.25, -0.2) is 5.09 Å². The molecule has 0 heterocycles. The molecule has 2 atom stereocenters. The van der Waals surface area contributed by atoms with E-state index in [1.165, 1.54) is 14.0 Å². The van der Waals surface area contributed by atoms with Crippen molar-refractivity contribution < 1.29 is 28.2 Å². The normalized spacial score (nSPS) is 14.8. The number of methoxy groups -OCH3 is 1. The van der Waals surface area contributed by atoms with Crippen LogP contribution in [0.4, 0.5) is 0 Å². The zero-order chi connectivity index (χ0) is 19.6. The molecule has 0 fully saturated rings. The van der Waals surface area contributed by atoms with Crippen molar-refractivity contribution in [2.45, 2.75) is 33.2 Å². The van der Waals surface area contributed by atoms with E-state index in [1.54, 1.807) is 31.2 Å². The molecule has 26 heavy (non-hydrogen) atoms. The minimum atomic E-state index is -3.36. The van der Waals surface area contributed by atoms with Crippen LogP contribution in [-0.4, -0.2) is 37.9 Å². The van der Waals surface area contributed by atoms with Crippen LogP contribution < -0.4 is 9.61 Å². The van der Waals surface area contributed by atoms with E-state index in [1.807, 2.05) is 19.1 Å². The highest BCUT2D eigenvalue weighted by molar-refractivity contribution is 7.57. The van der Waals surface area contributed by atoms with E-state index in [-0.39, 0.29) is 18.7 Å². The summed E-state index contributed by atoms with van der Waals surface area (Å²) in [7, 11) is -2.09. The van der Waals surface area contributed by atoms with Gasteiger partial charge in [-0.05, 0) is 38.0 Å². The molecule has 0 aliphatic heterocycles. The third kappa shape index (κ3) is 8.32. The molecule has 0 aromatic heterocycles. The first kappa shape index (κ1) is 21.9. The average molecular weight is 383 g/mol. The summed E-state index contributed by atoms with van der Waals surface area (Å²) in [6.45, 7) is 4.91.